The molecule has 1 aliphatic carbocycles. The minimum absolute atomic E-state index is 0.285. The number of nitrogens with zero attached hydrogens (tertiary/aromatic N) is 2. The Labute approximate surface area is 72.2 Å². The van der Waals surface area contributed by atoms with Crippen LogP contribution < -0.4 is 0 Å². The van der Waals surface area contributed by atoms with Gasteiger partial charge in [0.15, 0.2) is 0 Å². The van der Waals surface area contributed by atoms with Gasteiger partial charge < -0.3 is 5.11 Å². The quantitative estimate of drug-likeness (QED) is 0.503. The fourth-order valence-electron chi connectivity index (χ4n) is 1.91. The van der Waals surface area contributed by atoms with E-state index >= 15 is 0 Å². The highest BCUT2D eigenvalue weighted by Gasteiger charge is 2.34. The second-order valence-corrected chi connectivity index (χ2v) is 3.41. The number of rotatable bonds is 3. The number of aliphatic hydroxyl groups is 1. The van der Waals surface area contributed by atoms with E-state index in [9.17, 15) is 0 Å². The number of aliphatic hydroxyl groups excluding tert-OH is 1. The highest BCUT2D eigenvalue weighted by Crippen LogP contribution is 2.36. The normalized spacial score (nSPS) is 31.6. The van der Waals surface area contributed by atoms with E-state index in [1.807, 2.05) is 0 Å². The Balaban J connectivity index is 1.93. The van der Waals surface area contributed by atoms with Crippen LogP contribution in [0.25, 0.3) is 0 Å². The fourth-order valence-corrected chi connectivity index (χ4v) is 1.91. The largest absolute Gasteiger partial charge is 0.396 e. The molecule has 1 heterocycles. The van der Waals surface area contributed by atoms with Gasteiger partial charge in [-0.05, 0) is 31.3 Å². The van der Waals surface area contributed by atoms with E-state index in [0.29, 0.717) is 12.1 Å². The lowest BCUT2D eigenvalue weighted by atomic mass is 10.1. The van der Waals surface area contributed by atoms with Crippen molar-refractivity contribution < 1.29 is 5.11 Å². The number of allylic oxidation sites excluding steroid dienone is 1. The lowest BCUT2D eigenvalue weighted by Crippen LogP contribution is -1.99. The molecule has 0 radical (unpaired) electrons. The average Bonchev–Trinajstić information content (AvgIpc) is 2.65. The van der Waals surface area contributed by atoms with E-state index in [0.717, 1.165) is 12.8 Å². The van der Waals surface area contributed by atoms with Crippen LogP contribution >= 0.6 is 0 Å². The molecule has 3 heteroatoms. The van der Waals surface area contributed by atoms with Crippen LogP contribution in [-0.4, -0.2) is 23.8 Å². The van der Waals surface area contributed by atoms with Gasteiger partial charge in [-0.25, -0.2) is 0 Å². The number of hydrogen-bond acceptors (Lipinski definition) is 3. The summed E-state index contributed by atoms with van der Waals surface area (Å²) in [5, 5.41) is 16.9. The molecule has 2 rings (SSSR count). The summed E-state index contributed by atoms with van der Waals surface area (Å²) in [6, 6.07) is 0.794. The van der Waals surface area contributed by atoms with Crippen molar-refractivity contribution in [2.75, 3.05) is 6.61 Å². The van der Waals surface area contributed by atoms with Crippen LogP contribution in [0.2, 0.25) is 0 Å². The van der Waals surface area contributed by atoms with Crippen molar-refractivity contribution in [2.24, 2.45) is 10.2 Å². The molecule has 0 amide bonds. The maximum absolute atomic E-state index is 8.61. The molecule has 1 saturated carbocycles. The third-order valence-electron chi connectivity index (χ3n) is 2.57. The molecule has 0 aromatic carbocycles. The summed E-state index contributed by atoms with van der Waals surface area (Å²) < 4.78 is 0. The first-order valence-corrected chi connectivity index (χ1v) is 4.62. The third-order valence-corrected chi connectivity index (χ3v) is 2.57. The van der Waals surface area contributed by atoms with Gasteiger partial charge in [0.25, 0.3) is 0 Å². The zero-order chi connectivity index (χ0) is 8.39. The zero-order valence-corrected chi connectivity index (χ0v) is 7.11. The summed E-state index contributed by atoms with van der Waals surface area (Å²) in [4.78, 5) is 0. The summed E-state index contributed by atoms with van der Waals surface area (Å²) in [6.45, 7) is 0.285. The first-order valence-electron chi connectivity index (χ1n) is 4.62. The minimum Gasteiger partial charge on any atom is -0.396 e. The third kappa shape index (κ3) is 1.29. The molecule has 0 saturated heterocycles. The maximum Gasteiger partial charge on any atom is 0.0940 e. The van der Waals surface area contributed by atoms with Gasteiger partial charge in [0.1, 0.15) is 0 Å². The Hall–Kier alpha value is -0.700. The van der Waals surface area contributed by atoms with Crippen LogP contribution in [0.1, 0.15) is 25.7 Å². The van der Waals surface area contributed by atoms with E-state index in [4.69, 9.17) is 5.11 Å². The molecule has 3 nitrogen and oxygen atoms in total. The van der Waals surface area contributed by atoms with Crippen LogP contribution in [0.5, 0.6) is 0 Å². The first kappa shape index (κ1) is 7.92. The second kappa shape index (κ2) is 3.35. The number of fused-ring (bicyclic) bond motifs is 2. The molecule has 2 unspecified atom stereocenters. The Morgan fingerprint density at radius 1 is 1.33 bits per heavy atom. The van der Waals surface area contributed by atoms with Crippen molar-refractivity contribution in [1.82, 2.24) is 0 Å². The van der Waals surface area contributed by atoms with E-state index in [1.165, 1.54) is 18.4 Å². The Morgan fingerprint density at radius 3 is 2.50 bits per heavy atom. The molecule has 2 bridgehead atoms. The van der Waals surface area contributed by atoms with Crippen molar-refractivity contribution in [1.29, 1.82) is 0 Å². The molecule has 66 valence electrons. The van der Waals surface area contributed by atoms with Gasteiger partial charge >= 0.3 is 0 Å². The molecule has 0 spiro atoms. The van der Waals surface area contributed by atoms with Gasteiger partial charge in [-0.2, -0.15) is 10.2 Å². The monoisotopic (exact) mass is 166 g/mol. The molecule has 0 aromatic heterocycles. The average molecular weight is 166 g/mol. The maximum atomic E-state index is 8.61. The van der Waals surface area contributed by atoms with Crippen molar-refractivity contribution in [3.8, 4) is 0 Å². The fraction of sp³-hybridized carbons (Fsp3) is 0.778. The van der Waals surface area contributed by atoms with Gasteiger partial charge in [-0.3, -0.25) is 0 Å². The van der Waals surface area contributed by atoms with Crippen LogP contribution in [-0.2, 0) is 0 Å². The van der Waals surface area contributed by atoms with Crippen LogP contribution in [0.4, 0.5) is 0 Å². The standard InChI is InChI=1S/C9H14N2O/c12-6-2-1-3-7-8-4-5-9(7)11-10-8/h3,8-9,12H,1-2,4-6H2. The molecule has 1 N–H and O–H groups in total. The lowest BCUT2D eigenvalue weighted by Gasteiger charge is -1.99. The molecule has 1 fully saturated rings. The Kier molecular flexibility index (Phi) is 2.21. The summed E-state index contributed by atoms with van der Waals surface area (Å²) in [7, 11) is 0. The SMILES string of the molecule is OCCCC=C1C2CCC1N=N2. The molecule has 2 aliphatic rings. The number of azo groups is 1. The summed E-state index contributed by atoms with van der Waals surface area (Å²) >= 11 is 0. The zero-order valence-electron chi connectivity index (χ0n) is 7.11. The summed E-state index contributed by atoms with van der Waals surface area (Å²) in [5.74, 6) is 0. The van der Waals surface area contributed by atoms with Gasteiger partial charge in [0.05, 0.1) is 12.1 Å². The van der Waals surface area contributed by atoms with Crippen LogP contribution in [0, 0.1) is 0 Å². The van der Waals surface area contributed by atoms with Crippen LogP contribution in [0.15, 0.2) is 21.9 Å². The van der Waals surface area contributed by atoms with Crippen molar-refractivity contribution in [3.63, 3.8) is 0 Å². The Morgan fingerprint density at radius 2 is 2.00 bits per heavy atom. The van der Waals surface area contributed by atoms with Crippen LogP contribution in [0.3, 0.4) is 0 Å². The lowest BCUT2D eigenvalue weighted by molar-refractivity contribution is 0.289. The summed E-state index contributed by atoms with van der Waals surface area (Å²) in [5.41, 5.74) is 1.41. The molecular weight excluding hydrogens is 152 g/mol. The van der Waals surface area contributed by atoms with Gasteiger partial charge in [0, 0.05) is 6.61 Å². The molecule has 12 heavy (non-hydrogen) atoms. The predicted molar refractivity (Wildman–Crippen MR) is 46.1 cm³/mol. The highest BCUT2D eigenvalue weighted by molar-refractivity contribution is 5.26. The first-order chi connectivity index (χ1) is 5.92. The molecule has 2 atom stereocenters. The van der Waals surface area contributed by atoms with E-state index < -0.39 is 0 Å². The minimum atomic E-state index is 0.285. The number of unbranched alkanes of at least 4 members (excludes halogenated alkanes) is 1. The highest BCUT2D eigenvalue weighted by atomic mass is 16.2. The van der Waals surface area contributed by atoms with Crippen molar-refractivity contribution in [3.05, 3.63) is 11.6 Å². The number of hydrogen-bond donors (Lipinski definition) is 1. The molecule has 0 aromatic rings. The summed E-state index contributed by atoms with van der Waals surface area (Å²) in [6.07, 6.45) is 6.42. The smallest absolute Gasteiger partial charge is 0.0940 e. The molecular formula is C9H14N2O. The predicted octanol–water partition coefficient (Wildman–Crippen LogP) is 1.68. The van der Waals surface area contributed by atoms with E-state index in [2.05, 4.69) is 16.3 Å². The van der Waals surface area contributed by atoms with E-state index in [-0.39, 0.29) is 6.61 Å². The Bertz CT molecular complexity index is 207. The van der Waals surface area contributed by atoms with Crippen molar-refractivity contribution in [2.45, 2.75) is 37.8 Å². The second-order valence-electron chi connectivity index (χ2n) is 3.41. The molecule has 1 aliphatic heterocycles. The van der Waals surface area contributed by atoms with Gasteiger partial charge in [0.2, 0.25) is 0 Å². The van der Waals surface area contributed by atoms with Gasteiger partial charge in [-0.1, -0.05) is 6.08 Å². The van der Waals surface area contributed by atoms with Gasteiger partial charge in [-0.15, -0.1) is 0 Å². The van der Waals surface area contributed by atoms with E-state index in [1.54, 1.807) is 0 Å². The topological polar surface area (TPSA) is 45.0 Å². The van der Waals surface area contributed by atoms with Crippen molar-refractivity contribution >= 4 is 0 Å².